The Balaban J connectivity index is 1.53. The molecular weight excluding hydrogens is 449 g/mol. The van der Waals surface area contributed by atoms with Crippen LogP contribution in [0.3, 0.4) is 0 Å². The van der Waals surface area contributed by atoms with Crippen LogP contribution >= 0.6 is 8.25 Å². The number of nitrogens with two attached hydrogens (primary N) is 1. The summed E-state index contributed by atoms with van der Waals surface area (Å²) in [5.41, 5.74) is 5.82. The van der Waals surface area contributed by atoms with Gasteiger partial charge in [-0.15, -0.1) is 4.52 Å². The van der Waals surface area contributed by atoms with Crippen molar-refractivity contribution >= 4 is 37.5 Å². The van der Waals surface area contributed by atoms with Gasteiger partial charge in [0.2, 0.25) is 5.95 Å². The molecule has 0 spiro atoms. The molecule has 3 aromatic rings. The molecule has 172 valence electrons. The van der Waals surface area contributed by atoms with E-state index in [1.54, 1.807) is 48.9 Å². The molecule has 0 radical (unpaired) electrons. The van der Waals surface area contributed by atoms with Gasteiger partial charge in [0.05, 0.1) is 11.3 Å². The quantitative estimate of drug-likeness (QED) is 0.354. The predicted molar refractivity (Wildman–Crippen MR) is 120 cm³/mol. The highest BCUT2D eigenvalue weighted by Gasteiger charge is 2.53. The van der Waals surface area contributed by atoms with Crippen molar-refractivity contribution in [2.24, 2.45) is 11.3 Å². The van der Waals surface area contributed by atoms with E-state index in [-0.39, 0.29) is 36.6 Å². The van der Waals surface area contributed by atoms with Crippen LogP contribution in [0.25, 0.3) is 17.4 Å². The largest absolute Gasteiger partial charge is 0.750 e. The lowest BCUT2D eigenvalue weighted by atomic mass is 10.1. The number of hydrogen-bond acceptors (Lipinski definition) is 9. The molecule has 12 heteroatoms. The van der Waals surface area contributed by atoms with Crippen molar-refractivity contribution in [1.29, 1.82) is 0 Å². The Bertz CT molecular complexity index is 1290. The van der Waals surface area contributed by atoms with E-state index in [0.29, 0.717) is 17.8 Å². The lowest BCUT2D eigenvalue weighted by Crippen LogP contribution is -2.22. The molecule has 2 heterocycles. The van der Waals surface area contributed by atoms with Gasteiger partial charge in [0.25, 0.3) is 5.56 Å². The second kappa shape index (κ2) is 9.13. The van der Waals surface area contributed by atoms with Crippen LogP contribution in [-0.4, -0.2) is 38.7 Å². The molecular formula is C21H23N5O6P+. The molecule has 4 rings (SSSR count). The average molecular weight is 472 g/mol. The van der Waals surface area contributed by atoms with E-state index >= 15 is 0 Å². The third-order valence-electron chi connectivity index (χ3n) is 5.16. The fourth-order valence-corrected chi connectivity index (χ4v) is 3.88. The number of carbonyl (C=O) groups excluding carboxylic acids is 1. The van der Waals surface area contributed by atoms with Gasteiger partial charge in [-0.05, 0) is 24.1 Å². The number of anilines is 1. The van der Waals surface area contributed by atoms with Gasteiger partial charge in [-0.2, -0.15) is 4.98 Å². The smallest absolute Gasteiger partial charge is 0.464 e. The summed E-state index contributed by atoms with van der Waals surface area (Å²) >= 11 is 0. The molecule has 2 aromatic heterocycles. The number of H-pyrrole nitrogens is 1. The van der Waals surface area contributed by atoms with Gasteiger partial charge in [-0.25, -0.2) is 9.51 Å². The van der Waals surface area contributed by atoms with E-state index < -0.39 is 19.2 Å². The maximum Gasteiger partial charge on any atom is 0.750 e. The average Bonchev–Trinajstić information content (AvgIpc) is 3.31. The summed E-state index contributed by atoms with van der Waals surface area (Å²) in [6.07, 6.45) is 3.70. The Kier molecular flexibility index (Phi) is 6.26. The van der Waals surface area contributed by atoms with Crippen LogP contribution in [0.1, 0.15) is 20.3 Å². The molecule has 0 amide bonds. The molecule has 0 aliphatic heterocycles. The van der Waals surface area contributed by atoms with Crippen molar-refractivity contribution < 1.29 is 23.1 Å². The molecule has 0 saturated heterocycles. The number of nitrogens with zero attached hydrogens (tertiary/aromatic N) is 3. The van der Waals surface area contributed by atoms with Crippen LogP contribution < -0.4 is 15.8 Å². The van der Waals surface area contributed by atoms with Crippen LogP contribution in [0.4, 0.5) is 5.95 Å². The number of aromatic nitrogens is 4. The molecule has 3 N–H and O–H groups in total. The Morgan fingerprint density at radius 2 is 2.09 bits per heavy atom. The molecule has 1 aliphatic carbocycles. The van der Waals surface area contributed by atoms with E-state index in [4.69, 9.17) is 19.5 Å². The monoisotopic (exact) mass is 472 g/mol. The highest BCUT2D eigenvalue weighted by Crippen LogP contribution is 2.54. The van der Waals surface area contributed by atoms with Crippen LogP contribution in [0.15, 0.2) is 47.0 Å². The zero-order valence-electron chi connectivity index (χ0n) is 18.1. The summed E-state index contributed by atoms with van der Waals surface area (Å²) in [6.45, 7) is 3.54. The van der Waals surface area contributed by atoms with Gasteiger partial charge in [0.1, 0.15) is 19.5 Å². The van der Waals surface area contributed by atoms with Crippen molar-refractivity contribution in [2.75, 3.05) is 18.9 Å². The number of ether oxygens (including phenoxy) is 1. The predicted octanol–water partition coefficient (Wildman–Crippen LogP) is 2.88. The highest BCUT2D eigenvalue weighted by atomic mass is 31.1. The Hall–Kier alpha value is -3.56. The van der Waals surface area contributed by atoms with E-state index in [2.05, 4.69) is 15.0 Å². The number of rotatable bonds is 9. The summed E-state index contributed by atoms with van der Waals surface area (Å²) < 4.78 is 30.1. The highest BCUT2D eigenvalue weighted by molar-refractivity contribution is 7.33. The zero-order valence-corrected chi connectivity index (χ0v) is 19.0. The minimum atomic E-state index is -2.44. The molecule has 1 saturated carbocycles. The summed E-state index contributed by atoms with van der Waals surface area (Å²) in [5, 5.41) is 0. The minimum Gasteiger partial charge on any atom is -0.464 e. The molecule has 2 atom stereocenters. The molecule has 1 fully saturated rings. The van der Waals surface area contributed by atoms with Gasteiger partial charge >= 0.3 is 14.2 Å². The molecule has 1 aliphatic rings. The van der Waals surface area contributed by atoms with E-state index in [1.165, 1.54) is 6.33 Å². The number of fused-ring (bicyclic) bond motifs is 1. The Morgan fingerprint density at radius 1 is 1.33 bits per heavy atom. The van der Waals surface area contributed by atoms with Gasteiger partial charge in [-0.1, -0.05) is 32.0 Å². The van der Waals surface area contributed by atoms with Gasteiger partial charge < -0.3 is 10.5 Å². The second-order valence-electron chi connectivity index (χ2n) is 8.05. The lowest BCUT2D eigenvalue weighted by Gasteiger charge is -2.13. The number of aromatic amines is 1. The van der Waals surface area contributed by atoms with E-state index in [1.807, 2.05) is 6.07 Å². The summed E-state index contributed by atoms with van der Waals surface area (Å²) in [5.74, 6) is -0.244. The molecule has 33 heavy (non-hydrogen) atoms. The standard InChI is InChI=1S/C21H22N5O6P/c1-13(2)19(28)30-10-21(11-31-33(29)32-15-6-4-3-5-7-15)8-14(21)9-26-12-23-16-17(26)24-20(22)25-18(16)27/h3-7,9,12-13H,8,10-11H2,1-2H3,(H2-,22,24,25,27)/p+1/b14-9-/t21-/m1/s1. The topological polar surface area (TPSA) is 151 Å². The van der Waals surface area contributed by atoms with Crippen molar-refractivity contribution in [1.82, 2.24) is 19.5 Å². The SMILES string of the molecule is CC(C)C(=O)OC[C@@]1(CO[P+](=O)Oc2ccccc2)C/C1=C/n1cnc2c(=O)[nH]c(N)nc21. The van der Waals surface area contributed by atoms with Gasteiger partial charge in [0, 0.05) is 10.8 Å². The number of nitrogen functional groups attached to an aromatic ring is 1. The first-order chi connectivity index (χ1) is 15.8. The van der Waals surface area contributed by atoms with Crippen LogP contribution in [0.5, 0.6) is 5.75 Å². The van der Waals surface area contributed by atoms with Crippen LogP contribution in [-0.2, 0) is 18.6 Å². The van der Waals surface area contributed by atoms with Crippen molar-refractivity contribution in [3.8, 4) is 5.75 Å². The first-order valence-electron chi connectivity index (χ1n) is 10.2. The maximum atomic E-state index is 12.3. The first kappa shape index (κ1) is 22.6. The van der Waals surface area contributed by atoms with Crippen LogP contribution in [0, 0.1) is 11.3 Å². The van der Waals surface area contributed by atoms with Crippen LogP contribution in [0.2, 0.25) is 0 Å². The number of imidazole rings is 1. The fraction of sp³-hybridized carbons (Fsp3) is 0.333. The van der Waals surface area contributed by atoms with E-state index in [0.717, 1.165) is 5.57 Å². The number of esters is 1. The second-order valence-corrected chi connectivity index (χ2v) is 8.94. The third-order valence-corrected chi connectivity index (χ3v) is 5.86. The summed E-state index contributed by atoms with van der Waals surface area (Å²) in [6, 6.07) is 8.67. The minimum absolute atomic E-state index is 0.00895. The van der Waals surface area contributed by atoms with Gasteiger partial charge in [0.15, 0.2) is 16.9 Å². The van der Waals surface area contributed by atoms with E-state index in [9.17, 15) is 14.2 Å². The Labute approximate surface area is 189 Å². The number of benzene rings is 1. The first-order valence-corrected chi connectivity index (χ1v) is 11.3. The summed E-state index contributed by atoms with van der Waals surface area (Å²) in [7, 11) is -2.44. The van der Waals surface area contributed by atoms with Crippen molar-refractivity contribution in [3.05, 3.63) is 52.6 Å². The normalized spacial score (nSPS) is 19.1. The maximum absolute atomic E-state index is 12.3. The number of nitrogens with one attached hydrogen (secondary N) is 1. The molecule has 11 nitrogen and oxygen atoms in total. The fourth-order valence-electron chi connectivity index (χ4n) is 3.18. The number of para-hydroxylation sites is 1. The van der Waals surface area contributed by atoms with Crippen molar-refractivity contribution in [2.45, 2.75) is 20.3 Å². The molecule has 1 aromatic carbocycles. The number of carbonyl (C=O) groups is 1. The summed E-state index contributed by atoms with van der Waals surface area (Å²) in [4.78, 5) is 34.7. The molecule has 1 unspecified atom stereocenters. The molecule has 0 bridgehead atoms. The lowest BCUT2D eigenvalue weighted by molar-refractivity contribution is -0.149. The van der Waals surface area contributed by atoms with Gasteiger partial charge in [-0.3, -0.25) is 19.1 Å². The zero-order chi connectivity index (χ0) is 23.6. The third kappa shape index (κ3) is 5.10. The van der Waals surface area contributed by atoms with Crippen molar-refractivity contribution in [3.63, 3.8) is 0 Å². The Morgan fingerprint density at radius 3 is 2.82 bits per heavy atom. The number of hydrogen-bond donors (Lipinski definition) is 2.